The highest BCUT2D eigenvalue weighted by molar-refractivity contribution is 5.94. The van der Waals surface area contributed by atoms with E-state index in [1.54, 1.807) is 4.68 Å². The van der Waals surface area contributed by atoms with E-state index in [0.717, 1.165) is 30.5 Å². The molecule has 3 atom stereocenters. The molecule has 2 aliphatic carbocycles. The summed E-state index contributed by atoms with van der Waals surface area (Å²) >= 11 is 0. The third-order valence-electron chi connectivity index (χ3n) is 6.48. The van der Waals surface area contributed by atoms with Gasteiger partial charge in [-0.15, -0.1) is 0 Å². The van der Waals surface area contributed by atoms with Crippen LogP contribution in [0.5, 0.6) is 0 Å². The van der Waals surface area contributed by atoms with Gasteiger partial charge in [0.2, 0.25) is 12.0 Å². The Bertz CT molecular complexity index is 1030. The van der Waals surface area contributed by atoms with Crippen molar-refractivity contribution in [1.29, 1.82) is 5.26 Å². The maximum atomic E-state index is 13.2. The summed E-state index contributed by atoms with van der Waals surface area (Å²) in [5, 5.41) is 39.0. The summed E-state index contributed by atoms with van der Waals surface area (Å²) in [5.74, 6) is -0.124. The standard InChI is InChI=1S/C21H26N6O3/c1-20(2,3)15(11-28)24-19(29)17-13-9-21(12-22)6-4-5-14(21)18(13)27(25-17)16-10-26(30)8-7-23-16/h7-8,10,14-15,28H,4-6,9,11H2,1-3H3,(H,24,29)/t14?,15?,21-/m1/s1. The summed E-state index contributed by atoms with van der Waals surface area (Å²) < 4.78 is 2.19. The second kappa shape index (κ2) is 7.06. The van der Waals surface area contributed by atoms with E-state index in [1.165, 1.54) is 18.6 Å². The first-order valence-corrected chi connectivity index (χ1v) is 10.2. The number of rotatable bonds is 4. The molecular weight excluding hydrogens is 384 g/mol. The molecule has 0 radical (unpaired) electrons. The molecule has 0 bridgehead atoms. The summed E-state index contributed by atoms with van der Waals surface area (Å²) in [6, 6.07) is 2.06. The zero-order valence-electron chi connectivity index (χ0n) is 17.4. The molecule has 0 aliphatic heterocycles. The third-order valence-corrected chi connectivity index (χ3v) is 6.48. The topological polar surface area (TPSA) is 131 Å². The fraction of sp³-hybridized carbons (Fsp3) is 0.571. The number of nitrogens with zero attached hydrogens (tertiary/aromatic N) is 5. The number of carbonyl (C=O) groups excluding carboxylic acids is 1. The molecule has 2 aromatic rings. The zero-order valence-corrected chi connectivity index (χ0v) is 17.4. The van der Waals surface area contributed by atoms with Crippen molar-refractivity contribution in [2.45, 2.75) is 58.4 Å². The van der Waals surface area contributed by atoms with Crippen LogP contribution in [0.15, 0.2) is 18.6 Å². The number of aromatic nitrogens is 4. The maximum absolute atomic E-state index is 13.2. The van der Waals surface area contributed by atoms with Crippen molar-refractivity contribution >= 4 is 5.91 Å². The van der Waals surface area contributed by atoms with Crippen LogP contribution in [0.2, 0.25) is 0 Å². The molecule has 2 aliphatic rings. The summed E-state index contributed by atoms with van der Waals surface area (Å²) in [7, 11) is 0. The van der Waals surface area contributed by atoms with Crippen LogP contribution in [-0.4, -0.2) is 38.4 Å². The number of hydrogen-bond acceptors (Lipinski definition) is 6. The van der Waals surface area contributed by atoms with Crippen LogP contribution in [0, 0.1) is 27.4 Å². The smallest absolute Gasteiger partial charge is 0.272 e. The minimum absolute atomic E-state index is 0.0510. The number of nitriles is 1. The van der Waals surface area contributed by atoms with Gasteiger partial charge in [0.25, 0.3) is 5.91 Å². The van der Waals surface area contributed by atoms with Gasteiger partial charge in [0.1, 0.15) is 0 Å². The third kappa shape index (κ3) is 3.12. The first kappa shape index (κ1) is 20.3. The van der Waals surface area contributed by atoms with Crippen molar-refractivity contribution in [2.75, 3.05) is 6.61 Å². The monoisotopic (exact) mass is 410 g/mol. The maximum Gasteiger partial charge on any atom is 0.272 e. The Balaban J connectivity index is 1.81. The number of hydrogen-bond donors (Lipinski definition) is 2. The molecule has 2 N–H and O–H groups in total. The number of fused-ring (bicyclic) bond motifs is 3. The van der Waals surface area contributed by atoms with Gasteiger partial charge in [-0.05, 0) is 24.7 Å². The minimum Gasteiger partial charge on any atom is -0.619 e. The molecule has 1 amide bonds. The molecule has 30 heavy (non-hydrogen) atoms. The van der Waals surface area contributed by atoms with E-state index in [2.05, 4.69) is 21.5 Å². The molecule has 9 nitrogen and oxygen atoms in total. The van der Waals surface area contributed by atoms with Crippen LogP contribution in [0.3, 0.4) is 0 Å². The Kier molecular flexibility index (Phi) is 4.77. The van der Waals surface area contributed by atoms with Crippen molar-refractivity contribution in [1.82, 2.24) is 20.1 Å². The molecule has 0 spiro atoms. The van der Waals surface area contributed by atoms with E-state index in [1.807, 2.05) is 20.8 Å². The highest BCUT2D eigenvalue weighted by atomic mass is 16.5. The molecular formula is C21H26N6O3. The number of amides is 1. The molecule has 4 rings (SSSR count). The Hall–Kier alpha value is -2.99. The van der Waals surface area contributed by atoms with Gasteiger partial charge in [0.05, 0.1) is 36.0 Å². The largest absolute Gasteiger partial charge is 0.619 e. The average molecular weight is 410 g/mol. The molecule has 2 unspecified atom stereocenters. The Labute approximate surface area is 174 Å². The molecule has 2 heterocycles. The van der Waals surface area contributed by atoms with Crippen LogP contribution >= 0.6 is 0 Å². The lowest BCUT2D eigenvalue weighted by atomic mass is 9.81. The minimum atomic E-state index is -0.549. The van der Waals surface area contributed by atoms with Gasteiger partial charge in [-0.3, -0.25) is 4.79 Å². The first-order valence-electron chi connectivity index (χ1n) is 10.2. The van der Waals surface area contributed by atoms with Crippen LogP contribution < -0.4 is 10.0 Å². The number of aliphatic hydroxyl groups excluding tert-OH is 1. The molecule has 1 fully saturated rings. The molecule has 2 aromatic heterocycles. The van der Waals surface area contributed by atoms with Crippen LogP contribution in [0.1, 0.15) is 67.7 Å². The molecule has 0 aromatic carbocycles. The second-order valence-corrected chi connectivity index (χ2v) is 9.36. The van der Waals surface area contributed by atoms with Crippen molar-refractivity contribution < 1.29 is 14.6 Å². The predicted octanol–water partition coefficient (Wildman–Crippen LogP) is 1.37. The van der Waals surface area contributed by atoms with Crippen molar-refractivity contribution in [3.63, 3.8) is 0 Å². The number of carbonyl (C=O) groups is 1. The summed E-state index contributed by atoms with van der Waals surface area (Å²) in [4.78, 5) is 17.4. The highest BCUT2D eigenvalue weighted by Crippen LogP contribution is 2.57. The Morgan fingerprint density at radius 2 is 2.33 bits per heavy atom. The fourth-order valence-electron chi connectivity index (χ4n) is 4.76. The first-order chi connectivity index (χ1) is 14.2. The Morgan fingerprint density at radius 3 is 2.97 bits per heavy atom. The quantitative estimate of drug-likeness (QED) is 0.578. The van der Waals surface area contributed by atoms with Crippen LogP contribution in [0.25, 0.3) is 5.82 Å². The van der Waals surface area contributed by atoms with Gasteiger partial charge in [-0.2, -0.15) is 15.1 Å². The van der Waals surface area contributed by atoms with Gasteiger partial charge < -0.3 is 15.6 Å². The lowest BCUT2D eigenvalue weighted by molar-refractivity contribution is -0.605. The van der Waals surface area contributed by atoms with Crippen molar-refractivity contribution in [3.05, 3.63) is 40.7 Å². The normalized spacial score (nSPS) is 23.5. The van der Waals surface area contributed by atoms with Gasteiger partial charge >= 0.3 is 0 Å². The lowest BCUT2D eigenvalue weighted by Gasteiger charge is -2.29. The van der Waals surface area contributed by atoms with E-state index < -0.39 is 17.4 Å². The van der Waals surface area contributed by atoms with Gasteiger partial charge in [-0.25, -0.2) is 9.67 Å². The lowest BCUT2D eigenvalue weighted by Crippen LogP contribution is -2.46. The number of aliphatic hydroxyl groups is 1. The van der Waals surface area contributed by atoms with Crippen LogP contribution in [-0.2, 0) is 6.42 Å². The van der Waals surface area contributed by atoms with Gasteiger partial charge in [-0.1, -0.05) is 27.2 Å². The molecule has 0 saturated heterocycles. The van der Waals surface area contributed by atoms with Gasteiger partial charge in [0, 0.05) is 11.5 Å². The average Bonchev–Trinajstić information content (AvgIpc) is 3.33. The molecule has 158 valence electrons. The van der Waals surface area contributed by atoms with E-state index in [-0.39, 0.29) is 23.6 Å². The van der Waals surface area contributed by atoms with Crippen LogP contribution in [0.4, 0.5) is 0 Å². The van der Waals surface area contributed by atoms with Crippen molar-refractivity contribution in [3.8, 4) is 11.9 Å². The molecule has 9 heteroatoms. The highest BCUT2D eigenvalue weighted by Gasteiger charge is 2.53. The van der Waals surface area contributed by atoms with E-state index >= 15 is 0 Å². The Morgan fingerprint density at radius 1 is 1.57 bits per heavy atom. The summed E-state index contributed by atoms with van der Waals surface area (Å²) in [6.45, 7) is 5.62. The zero-order chi connectivity index (χ0) is 21.7. The van der Waals surface area contributed by atoms with E-state index in [9.17, 15) is 20.4 Å². The predicted molar refractivity (Wildman–Crippen MR) is 106 cm³/mol. The van der Waals surface area contributed by atoms with E-state index in [4.69, 9.17) is 0 Å². The molecule has 1 saturated carbocycles. The van der Waals surface area contributed by atoms with Gasteiger partial charge in [0.15, 0.2) is 11.9 Å². The van der Waals surface area contributed by atoms with E-state index in [0.29, 0.717) is 17.0 Å². The summed E-state index contributed by atoms with van der Waals surface area (Å²) in [6.07, 6.45) is 6.97. The SMILES string of the molecule is CC(C)(C)C(CO)NC(=O)c1nn(-c2c[n+]([O-])ccn2)c2c1C[C@@]1(C#N)CCCC21. The second-order valence-electron chi connectivity index (χ2n) is 9.36. The van der Waals surface area contributed by atoms with Crippen molar-refractivity contribution in [2.24, 2.45) is 10.8 Å². The number of nitrogens with one attached hydrogen (secondary N) is 1. The fourth-order valence-corrected chi connectivity index (χ4v) is 4.76. The summed E-state index contributed by atoms with van der Waals surface area (Å²) in [5.41, 5.74) is 0.893.